The summed E-state index contributed by atoms with van der Waals surface area (Å²) in [7, 11) is 0. The largest absolute Gasteiger partial charge is 0.573 e. The van der Waals surface area contributed by atoms with Gasteiger partial charge in [0.05, 0.1) is 6.61 Å². The number of hydrogen-bond donors (Lipinski definition) is 2. The summed E-state index contributed by atoms with van der Waals surface area (Å²) in [6.45, 7) is 3.96. The number of amides is 2. The number of alkyl halides is 6. The molecule has 41 heavy (non-hydrogen) atoms. The first kappa shape index (κ1) is 32.0. The third kappa shape index (κ3) is 7.63. The summed E-state index contributed by atoms with van der Waals surface area (Å²) in [6.07, 6.45) is -7.61. The number of nitrogens with zero attached hydrogens (tertiary/aromatic N) is 1. The van der Waals surface area contributed by atoms with Crippen LogP contribution in [0.1, 0.15) is 59.2 Å². The molecule has 0 spiro atoms. The fourth-order valence-corrected chi connectivity index (χ4v) is 4.92. The molecule has 13 heteroatoms. The maximum absolute atomic E-state index is 14.0. The fourth-order valence-electron chi connectivity index (χ4n) is 4.92. The Labute approximate surface area is 233 Å². The van der Waals surface area contributed by atoms with Crippen LogP contribution in [0.25, 0.3) is 0 Å². The van der Waals surface area contributed by atoms with Gasteiger partial charge in [0.2, 0.25) is 5.91 Å². The lowest BCUT2D eigenvalue weighted by Gasteiger charge is -2.38. The normalized spacial score (nSPS) is 16.3. The second-order valence-corrected chi connectivity index (χ2v) is 10.1. The summed E-state index contributed by atoms with van der Waals surface area (Å²) in [6, 6.07) is 6.02. The number of ether oxygens (including phenoxy) is 2. The van der Waals surface area contributed by atoms with Crippen molar-refractivity contribution in [1.82, 2.24) is 4.90 Å². The lowest BCUT2D eigenvalue weighted by atomic mass is 9.87. The van der Waals surface area contributed by atoms with Gasteiger partial charge in [0.1, 0.15) is 11.5 Å². The van der Waals surface area contributed by atoms with E-state index in [0.29, 0.717) is 43.2 Å². The molecule has 0 saturated carbocycles. The fraction of sp³-hybridized carbons (Fsp3) is 0.500. The summed E-state index contributed by atoms with van der Waals surface area (Å²) in [5.74, 6) is -2.36. The smallest absolute Gasteiger partial charge is 0.493 e. The molecule has 2 amide bonds. The van der Waals surface area contributed by atoms with Gasteiger partial charge >= 0.3 is 12.5 Å². The molecule has 1 fully saturated rings. The minimum atomic E-state index is -5.49. The van der Waals surface area contributed by atoms with Crippen LogP contribution in [0, 0.1) is 19.8 Å². The highest BCUT2D eigenvalue weighted by Crippen LogP contribution is 2.42. The van der Waals surface area contributed by atoms with Crippen molar-refractivity contribution >= 4 is 11.8 Å². The molecule has 7 nitrogen and oxygen atoms in total. The van der Waals surface area contributed by atoms with Crippen LogP contribution in [-0.2, 0) is 10.4 Å². The lowest BCUT2D eigenvalue weighted by molar-refractivity contribution is -0.274. The van der Waals surface area contributed by atoms with Gasteiger partial charge in [-0.3, -0.25) is 9.59 Å². The van der Waals surface area contributed by atoms with Crippen molar-refractivity contribution in [1.29, 1.82) is 0 Å². The summed E-state index contributed by atoms with van der Waals surface area (Å²) in [5, 5.41) is 10.6. The van der Waals surface area contributed by atoms with Gasteiger partial charge in [0.15, 0.2) is 0 Å². The number of rotatable bonds is 10. The van der Waals surface area contributed by atoms with Gasteiger partial charge in [-0.25, -0.2) is 0 Å². The Bertz CT molecular complexity index is 1240. The molecule has 226 valence electrons. The number of benzene rings is 2. The Hall–Kier alpha value is -3.48. The first-order valence-corrected chi connectivity index (χ1v) is 13.0. The number of likely N-dealkylation sites (tertiary alicyclic amines) is 1. The summed E-state index contributed by atoms with van der Waals surface area (Å²) in [5.41, 5.74) is 2.25. The minimum Gasteiger partial charge on any atom is -0.493 e. The molecule has 1 unspecified atom stereocenters. The lowest BCUT2D eigenvalue weighted by Crippen LogP contribution is -2.57. The van der Waals surface area contributed by atoms with E-state index < -0.39 is 41.3 Å². The Morgan fingerprint density at radius 3 is 2.24 bits per heavy atom. The molecule has 1 aliphatic heterocycles. The number of carbonyl (C=O) groups is 2. The topological polar surface area (TPSA) is 102 Å². The van der Waals surface area contributed by atoms with Crippen molar-refractivity contribution in [3.8, 4) is 11.5 Å². The van der Waals surface area contributed by atoms with E-state index in [1.165, 1.54) is 0 Å². The number of hydrogen-bond acceptors (Lipinski definition) is 5. The minimum absolute atomic E-state index is 0.0399. The van der Waals surface area contributed by atoms with Crippen LogP contribution < -0.4 is 15.2 Å². The average molecular weight is 591 g/mol. The Morgan fingerprint density at radius 1 is 1.00 bits per heavy atom. The molecule has 3 N–H and O–H groups in total. The Kier molecular flexibility index (Phi) is 9.83. The predicted molar refractivity (Wildman–Crippen MR) is 136 cm³/mol. The van der Waals surface area contributed by atoms with Crippen molar-refractivity contribution in [3.63, 3.8) is 0 Å². The molecule has 3 rings (SSSR count). The highest BCUT2D eigenvalue weighted by atomic mass is 19.4. The second-order valence-electron chi connectivity index (χ2n) is 10.1. The molecule has 0 bridgehead atoms. The number of primary amides is 1. The van der Waals surface area contributed by atoms with E-state index in [1.54, 1.807) is 19.1 Å². The summed E-state index contributed by atoms with van der Waals surface area (Å²) < 4.78 is 89.2. The zero-order chi connectivity index (χ0) is 30.6. The van der Waals surface area contributed by atoms with Gasteiger partial charge in [-0.2, -0.15) is 13.2 Å². The van der Waals surface area contributed by atoms with Gasteiger partial charge < -0.3 is 25.2 Å². The van der Waals surface area contributed by atoms with Gasteiger partial charge in [-0.15, -0.1) is 13.2 Å². The zero-order valence-corrected chi connectivity index (χ0v) is 22.6. The molecule has 0 aliphatic carbocycles. The maximum Gasteiger partial charge on any atom is 0.573 e. The monoisotopic (exact) mass is 590 g/mol. The molecule has 0 aromatic heterocycles. The number of piperidine rings is 1. The molecule has 2 aromatic rings. The number of carbonyl (C=O) groups excluding carboxylic acids is 2. The van der Waals surface area contributed by atoms with E-state index in [4.69, 9.17) is 10.5 Å². The third-order valence-electron chi connectivity index (χ3n) is 7.37. The van der Waals surface area contributed by atoms with Crippen molar-refractivity contribution in [2.24, 2.45) is 11.7 Å². The molecule has 1 heterocycles. The van der Waals surface area contributed by atoms with Crippen LogP contribution in [-0.4, -0.2) is 54.1 Å². The highest BCUT2D eigenvalue weighted by molar-refractivity contribution is 5.94. The zero-order valence-electron chi connectivity index (χ0n) is 22.6. The average Bonchev–Trinajstić information content (AvgIpc) is 2.88. The van der Waals surface area contributed by atoms with Crippen molar-refractivity contribution in [2.45, 2.75) is 64.1 Å². The first-order chi connectivity index (χ1) is 19.0. The Balaban J connectivity index is 1.54. The Morgan fingerprint density at radius 2 is 1.66 bits per heavy atom. The van der Waals surface area contributed by atoms with Crippen molar-refractivity contribution in [2.75, 3.05) is 19.7 Å². The summed E-state index contributed by atoms with van der Waals surface area (Å²) in [4.78, 5) is 25.3. The molecular formula is C28H32F6N2O5. The van der Waals surface area contributed by atoms with E-state index in [-0.39, 0.29) is 19.0 Å². The van der Waals surface area contributed by atoms with Gasteiger partial charge in [0.25, 0.3) is 11.5 Å². The van der Waals surface area contributed by atoms with Gasteiger partial charge in [0, 0.05) is 24.2 Å². The SMILES string of the molecule is Cc1c(OCCCCC2CCN(C(=O)C(O)(c3cccc(OC(F)(F)F)c3)C(F)(F)F)CC2)ccc(C(N)=O)c1C. The van der Waals surface area contributed by atoms with Crippen LogP contribution in [0.4, 0.5) is 26.3 Å². The van der Waals surface area contributed by atoms with Crippen LogP contribution in [0.5, 0.6) is 11.5 Å². The van der Waals surface area contributed by atoms with Crippen LogP contribution in [0.15, 0.2) is 36.4 Å². The van der Waals surface area contributed by atoms with E-state index in [1.807, 2.05) is 6.92 Å². The van der Waals surface area contributed by atoms with Crippen LogP contribution in [0.2, 0.25) is 0 Å². The second kappa shape index (κ2) is 12.6. The number of unbranched alkanes of at least 4 members (excludes halogenated alkanes) is 1. The predicted octanol–water partition coefficient (Wildman–Crippen LogP) is 5.54. The molecule has 1 saturated heterocycles. The van der Waals surface area contributed by atoms with E-state index >= 15 is 0 Å². The molecule has 1 aliphatic rings. The van der Waals surface area contributed by atoms with Gasteiger partial charge in [-0.05, 0) is 80.8 Å². The van der Waals surface area contributed by atoms with E-state index in [2.05, 4.69) is 4.74 Å². The molecule has 2 aromatic carbocycles. The number of nitrogens with two attached hydrogens (primary N) is 1. The van der Waals surface area contributed by atoms with Crippen molar-refractivity contribution < 1.29 is 50.5 Å². The van der Waals surface area contributed by atoms with E-state index in [9.17, 15) is 41.0 Å². The number of halogens is 6. The molecule has 0 radical (unpaired) electrons. The van der Waals surface area contributed by atoms with Crippen LogP contribution >= 0.6 is 0 Å². The standard InChI is InChI=1S/C28H32F6N2O5/c1-17-18(2)23(10-9-22(17)24(35)37)40-15-4-3-6-19-11-13-36(14-12-19)25(38)26(39,27(29,30)31)20-7-5-8-21(16-20)41-28(32,33)34/h5,7-10,16,19,39H,3-4,6,11-15H2,1-2H3,(H2,35,37). The first-order valence-electron chi connectivity index (χ1n) is 13.0. The van der Waals surface area contributed by atoms with Crippen molar-refractivity contribution in [3.05, 3.63) is 58.7 Å². The molecular weight excluding hydrogens is 558 g/mol. The van der Waals surface area contributed by atoms with Gasteiger partial charge in [-0.1, -0.05) is 18.6 Å². The highest BCUT2D eigenvalue weighted by Gasteiger charge is 2.62. The summed E-state index contributed by atoms with van der Waals surface area (Å²) >= 11 is 0. The quantitative estimate of drug-likeness (QED) is 0.280. The van der Waals surface area contributed by atoms with E-state index in [0.717, 1.165) is 47.1 Å². The number of aliphatic hydroxyl groups is 1. The molecule has 1 atom stereocenters. The van der Waals surface area contributed by atoms with Crippen LogP contribution in [0.3, 0.4) is 0 Å². The maximum atomic E-state index is 14.0. The third-order valence-corrected chi connectivity index (χ3v) is 7.37.